The monoisotopic (exact) mass is 303 g/mol. The largest absolute Gasteiger partial charge is 0.497 e. The molecule has 0 bridgehead atoms. The topological polar surface area (TPSA) is 60.0 Å². The highest BCUT2D eigenvalue weighted by Gasteiger charge is 2.14. The van der Waals surface area contributed by atoms with Crippen molar-refractivity contribution in [1.29, 1.82) is 0 Å². The second kappa shape index (κ2) is 8.26. The fourth-order valence-corrected chi connectivity index (χ4v) is 2.09. The van der Waals surface area contributed by atoms with Gasteiger partial charge in [-0.05, 0) is 30.3 Å². The van der Waals surface area contributed by atoms with E-state index in [4.69, 9.17) is 14.3 Å². The van der Waals surface area contributed by atoms with Crippen molar-refractivity contribution in [3.63, 3.8) is 0 Å². The fourth-order valence-electron chi connectivity index (χ4n) is 2.09. The van der Waals surface area contributed by atoms with Gasteiger partial charge in [-0.25, -0.2) is 0 Å². The molecule has 1 atom stereocenters. The van der Waals surface area contributed by atoms with Crippen molar-refractivity contribution < 1.29 is 19.4 Å². The van der Waals surface area contributed by atoms with Crippen LogP contribution in [0.2, 0.25) is 0 Å². The number of para-hydroxylation sites is 1. The average Bonchev–Trinajstić information content (AvgIpc) is 2.59. The van der Waals surface area contributed by atoms with Crippen molar-refractivity contribution in [3.8, 4) is 11.5 Å². The van der Waals surface area contributed by atoms with E-state index in [2.05, 4.69) is 5.48 Å². The number of benzene rings is 2. The minimum Gasteiger partial charge on any atom is -0.497 e. The van der Waals surface area contributed by atoms with Gasteiger partial charge in [-0.3, -0.25) is 10.3 Å². The molecule has 0 amide bonds. The molecule has 0 spiro atoms. The minimum atomic E-state index is -0.402. The summed E-state index contributed by atoms with van der Waals surface area (Å²) in [6.07, 6.45) is 0.0951. The highest BCUT2D eigenvalue weighted by molar-refractivity contribution is 5.41. The van der Waals surface area contributed by atoms with E-state index in [-0.39, 0.29) is 6.61 Å². The summed E-state index contributed by atoms with van der Waals surface area (Å²) in [5.74, 6) is 1.48. The number of hydrogen-bond acceptors (Lipinski definition) is 5. The van der Waals surface area contributed by atoms with Gasteiger partial charge >= 0.3 is 0 Å². The molecule has 5 heteroatoms. The molecule has 0 saturated heterocycles. The first-order valence-corrected chi connectivity index (χ1v) is 7.05. The van der Waals surface area contributed by atoms with Crippen LogP contribution in [0.5, 0.6) is 11.5 Å². The zero-order valence-electron chi connectivity index (χ0n) is 12.8. The van der Waals surface area contributed by atoms with E-state index < -0.39 is 6.10 Å². The van der Waals surface area contributed by atoms with E-state index in [1.54, 1.807) is 14.2 Å². The first kappa shape index (κ1) is 16.1. The van der Waals surface area contributed by atoms with Crippen LogP contribution in [-0.4, -0.2) is 32.0 Å². The van der Waals surface area contributed by atoms with Gasteiger partial charge in [0.05, 0.1) is 26.5 Å². The van der Waals surface area contributed by atoms with Crippen LogP contribution in [0.3, 0.4) is 0 Å². The van der Waals surface area contributed by atoms with E-state index in [0.717, 1.165) is 22.7 Å². The number of aliphatic hydroxyl groups is 1. The highest BCUT2D eigenvalue weighted by atomic mass is 16.7. The Balaban J connectivity index is 2.03. The molecular weight excluding hydrogens is 282 g/mol. The predicted octanol–water partition coefficient (Wildman–Crippen LogP) is 2.65. The van der Waals surface area contributed by atoms with E-state index in [0.29, 0.717) is 6.42 Å². The molecule has 0 heterocycles. The average molecular weight is 303 g/mol. The van der Waals surface area contributed by atoms with Crippen molar-refractivity contribution in [1.82, 2.24) is 0 Å². The third-order valence-electron chi connectivity index (χ3n) is 3.26. The number of nitrogens with one attached hydrogen (secondary N) is 1. The van der Waals surface area contributed by atoms with Crippen LogP contribution in [0.15, 0.2) is 48.5 Å². The molecule has 2 N–H and O–H groups in total. The Hall–Kier alpha value is -2.24. The lowest BCUT2D eigenvalue weighted by Crippen LogP contribution is -2.24. The summed E-state index contributed by atoms with van der Waals surface area (Å²) in [6, 6.07) is 15.1. The number of ether oxygens (including phenoxy) is 2. The summed E-state index contributed by atoms with van der Waals surface area (Å²) in [6.45, 7) is -0.111. The van der Waals surface area contributed by atoms with Crippen molar-refractivity contribution in [2.45, 2.75) is 12.5 Å². The Bertz CT molecular complexity index is 574. The summed E-state index contributed by atoms with van der Waals surface area (Å²) < 4.78 is 10.6. The summed E-state index contributed by atoms with van der Waals surface area (Å²) in [5, 5.41) is 9.52. The zero-order valence-corrected chi connectivity index (χ0v) is 12.8. The van der Waals surface area contributed by atoms with Crippen LogP contribution in [0, 0.1) is 0 Å². The molecular formula is C17H21NO4. The van der Waals surface area contributed by atoms with E-state index in [9.17, 15) is 5.11 Å². The minimum absolute atomic E-state index is 0.111. The van der Waals surface area contributed by atoms with Gasteiger partial charge in [0.25, 0.3) is 0 Å². The Morgan fingerprint density at radius 1 is 1.05 bits per heavy atom. The Morgan fingerprint density at radius 3 is 2.45 bits per heavy atom. The second-order valence-electron chi connectivity index (χ2n) is 4.77. The lowest BCUT2D eigenvalue weighted by atomic mass is 10.1. The molecule has 118 valence electrons. The summed E-state index contributed by atoms with van der Waals surface area (Å²) in [7, 11) is 3.23. The van der Waals surface area contributed by atoms with E-state index in [1.165, 1.54) is 0 Å². The molecule has 0 aliphatic rings. The maximum atomic E-state index is 9.52. The van der Waals surface area contributed by atoms with Crippen molar-refractivity contribution in [2.75, 3.05) is 26.3 Å². The lowest BCUT2D eigenvalue weighted by molar-refractivity contribution is 0.0472. The number of rotatable bonds is 8. The first-order valence-electron chi connectivity index (χ1n) is 7.05. The molecule has 22 heavy (non-hydrogen) atoms. The van der Waals surface area contributed by atoms with Crippen molar-refractivity contribution in [3.05, 3.63) is 54.1 Å². The molecule has 0 aliphatic heterocycles. The third-order valence-corrected chi connectivity index (χ3v) is 3.26. The lowest BCUT2D eigenvalue weighted by Gasteiger charge is -2.18. The number of anilines is 1. The Labute approximate surface area is 130 Å². The van der Waals surface area contributed by atoms with Gasteiger partial charge in [0.1, 0.15) is 17.6 Å². The van der Waals surface area contributed by atoms with Crippen LogP contribution < -0.4 is 15.0 Å². The maximum Gasteiger partial charge on any atom is 0.122 e. The Morgan fingerprint density at radius 2 is 1.82 bits per heavy atom. The molecule has 0 aliphatic carbocycles. The van der Waals surface area contributed by atoms with Gasteiger partial charge in [-0.1, -0.05) is 18.2 Å². The molecule has 5 nitrogen and oxygen atoms in total. The molecule has 2 rings (SSSR count). The quantitative estimate of drug-likeness (QED) is 0.734. The van der Waals surface area contributed by atoms with Gasteiger partial charge in [-0.15, -0.1) is 0 Å². The normalized spacial score (nSPS) is 11.8. The van der Waals surface area contributed by atoms with Crippen LogP contribution in [0.1, 0.15) is 5.56 Å². The van der Waals surface area contributed by atoms with Crippen LogP contribution in [-0.2, 0) is 11.3 Å². The zero-order chi connectivity index (χ0) is 15.8. The van der Waals surface area contributed by atoms with Crippen LogP contribution >= 0.6 is 0 Å². The second-order valence-corrected chi connectivity index (χ2v) is 4.77. The fraction of sp³-hybridized carbons (Fsp3) is 0.294. The number of methoxy groups -OCH3 is 2. The van der Waals surface area contributed by atoms with Crippen LogP contribution in [0.4, 0.5) is 5.69 Å². The number of hydrogen-bond donors (Lipinski definition) is 2. The summed E-state index contributed by atoms with van der Waals surface area (Å²) in [5.41, 5.74) is 4.59. The predicted molar refractivity (Wildman–Crippen MR) is 85.3 cm³/mol. The summed E-state index contributed by atoms with van der Waals surface area (Å²) >= 11 is 0. The maximum absolute atomic E-state index is 9.52. The van der Waals surface area contributed by atoms with Gasteiger partial charge in [-0.2, -0.15) is 0 Å². The van der Waals surface area contributed by atoms with Crippen LogP contribution in [0.25, 0.3) is 0 Å². The summed E-state index contributed by atoms with van der Waals surface area (Å²) in [4.78, 5) is 5.56. The van der Waals surface area contributed by atoms with Crippen molar-refractivity contribution >= 4 is 5.69 Å². The van der Waals surface area contributed by atoms with Gasteiger partial charge < -0.3 is 14.6 Å². The van der Waals surface area contributed by atoms with Gasteiger partial charge in [0.2, 0.25) is 0 Å². The molecule has 0 unspecified atom stereocenters. The molecule has 0 aromatic heterocycles. The van der Waals surface area contributed by atoms with Gasteiger partial charge in [0.15, 0.2) is 0 Å². The Kier molecular flexibility index (Phi) is 6.06. The van der Waals surface area contributed by atoms with Gasteiger partial charge in [0, 0.05) is 12.0 Å². The molecule has 0 radical (unpaired) electrons. The molecule has 2 aromatic rings. The molecule has 0 saturated carbocycles. The highest BCUT2D eigenvalue weighted by Crippen LogP contribution is 2.25. The SMILES string of the molecule is COc1ccc(OC)c(C[C@H](CO)ONc2ccccc2)c1. The first-order chi connectivity index (χ1) is 10.8. The standard InChI is InChI=1S/C17H21NO4/c1-20-15-8-9-17(21-2)13(10-15)11-16(12-19)22-18-14-6-4-3-5-7-14/h3-10,16,18-19H,11-12H2,1-2H3/t16-/m1/s1. The van der Waals surface area contributed by atoms with E-state index in [1.807, 2.05) is 48.5 Å². The third kappa shape index (κ3) is 4.38. The number of aliphatic hydroxyl groups excluding tert-OH is 1. The molecule has 2 aromatic carbocycles. The van der Waals surface area contributed by atoms with Crippen molar-refractivity contribution in [2.24, 2.45) is 0 Å². The smallest absolute Gasteiger partial charge is 0.122 e. The van der Waals surface area contributed by atoms with E-state index >= 15 is 0 Å². The molecule has 0 fully saturated rings.